The summed E-state index contributed by atoms with van der Waals surface area (Å²) in [6.07, 6.45) is 8.89. The molecule has 0 aliphatic heterocycles. The zero-order valence-electron chi connectivity index (χ0n) is 12.3. The van der Waals surface area contributed by atoms with Crippen molar-refractivity contribution in [2.45, 2.75) is 71.3 Å². The van der Waals surface area contributed by atoms with Crippen LogP contribution in [-0.4, -0.2) is 18.0 Å². The first-order chi connectivity index (χ1) is 8.42. The van der Waals surface area contributed by atoms with Gasteiger partial charge in [-0.2, -0.15) is 0 Å². The van der Waals surface area contributed by atoms with Crippen molar-refractivity contribution >= 4 is 5.91 Å². The van der Waals surface area contributed by atoms with Crippen molar-refractivity contribution in [3.05, 3.63) is 0 Å². The molecule has 0 bridgehead atoms. The molecule has 106 valence electrons. The van der Waals surface area contributed by atoms with Crippen molar-refractivity contribution in [3.63, 3.8) is 0 Å². The minimum Gasteiger partial charge on any atom is -0.351 e. The van der Waals surface area contributed by atoms with Crippen LogP contribution in [0.1, 0.15) is 65.7 Å². The monoisotopic (exact) mass is 254 g/mol. The van der Waals surface area contributed by atoms with Gasteiger partial charge in [0.25, 0.3) is 0 Å². The average Bonchev–Trinajstić information content (AvgIpc) is 2.51. The predicted molar refractivity (Wildman–Crippen MR) is 76.2 cm³/mol. The lowest BCUT2D eigenvalue weighted by atomic mass is 9.88. The average molecular weight is 254 g/mol. The summed E-state index contributed by atoms with van der Waals surface area (Å²) in [6.45, 7) is 6.52. The second kappa shape index (κ2) is 7.13. The second-order valence-corrected chi connectivity index (χ2v) is 6.77. The Hall–Kier alpha value is -0.570. The number of nitrogens with two attached hydrogens (primary N) is 1. The normalized spacial score (nSPS) is 20.2. The Morgan fingerprint density at radius 3 is 2.22 bits per heavy atom. The molecule has 18 heavy (non-hydrogen) atoms. The molecule has 0 aromatic rings. The van der Waals surface area contributed by atoms with Crippen LogP contribution in [0.5, 0.6) is 0 Å². The lowest BCUT2D eigenvalue weighted by Gasteiger charge is -2.26. The van der Waals surface area contributed by atoms with Gasteiger partial charge < -0.3 is 11.1 Å². The maximum atomic E-state index is 12.2. The molecule has 0 heterocycles. The number of rotatable bonds is 4. The molecular formula is C15H30N2O. The number of hydrogen-bond acceptors (Lipinski definition) is 2. The third-order valence-corrected chi connectivity index (χ3v) is 3.75. The largest absolute Gasteiger partial charge is 0.351 e. The minimum absolute atomic E-state index is 0.00711. The van der Waals surface area contributed by atoms with E-state index in [1.165, 1.54) is 38.5 Å². The van der Waals surface area contributed by atoms with E-state index in [2.05, 4.69) is 5.32 Å². The highest BCUT2D eigenvalue weighted by atomic mass is 16.2. The first-order valence-electron chi connectivity index (χ1n) is 7.44. The molecule has 0 aromatic carbocycles. The van der Waals surface area contributed by atoms with Crippen LogP contribution in [-0.2, 0) is 4.79 Å². The minimum atomic E-state index is -0.159. The van der Waals surface area contributed by atoms with Gasteiger partial charge in [0.05, 0.1) is 5.92 Å². The van der Waals surface area contributed by atoms with Gasteiger partial charge in [-0.25, -0.2) is 0 Å². The summed E-state index contributed by atoms with van der Waals surface area (Å²) in [4.78, 5) is 12.2. The number of amides is 1. The first kappa shape index (κ1) is 15.5. The maximum absolute atomic E-state index is 12.2. The van der Waals surface area contributed by atoms with E-state index in [0.717, 1.165) is 6.42 Å². The van der Waals surface area contributed by atoms with Crippen LogP contribution in [0.2, 0.25) is 0 Å². The highest BCUT2D eigenvalue weighted by Crippen LogP contribution is 2.28. The Labute approximate surface area is 112 Å². The summed E-state index contributed by atoms with van der Waals surface area (Å²) in [7, 11) is 0. The molecule has 0 radical (unpaired) electrons. The zero-order chi connectivity index (χ0) is 13.6. The van der Waals surface area contributed by atoms with Gasteiger partial charge in [-0.1, -0.05) is 38.5 Å². The van der Waals surface area contributed by atoms with Gasteiger partial charge in [0.1, 0.15) is 0 Å². The van der Waals surface area contributed by atoms with Crippen LogP contribution in [0.4, 0.5) is 0 Å². The van der Waals surface area contributed by atoms with Gasteiger partial charge in [0.15, 0.2) is 0 Å². The number of carbonyl (C=O) groups is 1. The lowest BCUT2D eigenvalue weighted by molar-refractivity contribution is -0.126. The van der Waals surface area contributed by atoms with E-state index in [-0.39, 0.29) is 17.4 Å². The summed E-state index contributed by atoms with van der Waals surface area (Å²) in [5.41, 5.74) is 5.63. The Kier molecular flexibility index (Phi) is 6.13. The molecule has 0 spiro atoms. The smallest absolute Gasteiger partial charge is 0.224 e. The molecule has 3 N–H and O–H groups in total. The van der Waals surface area contributed by atoms with Crippen LogP contribution in [0.3, 0.4) is 0 Å². The van der Waals surface area contributed by atoms with Gasteiger partial charge in [-0.3, -0.25) is 4.79 Å². The standard InChI is InChI=1S/C15H30N2O/c1-15(2,3)17-14(18)13(11-16)10-12-8-6-4-5-7-9-12/h12-13H,4-11,16H2,1-3H3,(H,17,18). The van der Waals surface area contributed by atoms with Gasteiger partial charge in [-0.15, -0.1) is 0 Å². The van der Waals surface area contributed by atoms with Crippen LogP contribution in [0.25, 0.3) is 0 Å². The van der Waals surface area contributed by atoms with Gasteiger partial charge in [-0.05, 0) is 33.1 Å². The fourth-order valence-electron chi connectivity index (χ4n) is 2.78. The third kappa shape index (κ3) is 5.85. The summed E-state index contributed by atoms with van der Waals surface area (Å²) in [5, 5.41) is 3.06. The molecule has 0 saturated heterocycles. The van der Waals surface area contributed by atoms with Gasteiger partial charge in [0.2, 0.25) is 5.91 Å². The van der Waals surface area contributed by atoms with Gasteiger partial charge >= 0.3 is 0 Å². The van der Waals surface area contributed by atoms with Crippen molar-refractivity contribution < 1.29 is 4.79 Å². The topological polar surface area (TPSA) is 55.1 Å². The summed E-state index contributed by atoms with van der Waals surface area (Å²) < 4.78 is 0. The zero-order valence-corrected chi connectivity index (χ0v) is 12.3. The molecule has 1 aliphatic rings. The predicted octanol–water partition coefficient (Wildman–Crippen LogP) is 2.84. The van der Waals surface area contributed by atoms with Crippen LogP contribution in [0.15, 0.2) is 0 Å². The molecule has 3 heteroatoms. The van der Waals surface area contributed by atoms with Crippen molar-refractivity contribution in [2.24, 2.45) is 17.6 Å². The highest BCUT2D eigenvalue weighted by molar-refractivity contribution is 5.79. The van der Waals surface area contributed by atoms with E-state index in [1.54, 1.807) is 0 Å². The second-order valence-electron chi connectivity index (χ2n) is 6.77. The molecule has 1 unspecified atom stereocenters. The fourth-order valence-corrected chi connectivity index (χ4v) is 2.78. The van der Waals surface area contributed by atoms with Crippen molar-refractivity contribution in [1.29, 1.82) is 0 Å². The molecule has 1 saturated carbocycles. The van der Waals surface area contributed by atoms with Crippen LogP contribution < -0.4 is 11.1 Å². The number of hydrogen-bond donors (Lipinski definition) is 2. The molecule has 3 nitrogen and oxygen atoms in total. The maximum Gasteiger partial charge on any atom is 0.224 e. The fraction of sp³-hybridized carbons (Fsp3) is 0.933. The van der Waals surface area contributed by atoms with Crippen LogP contribution >= 0.6 is 0 Å². The highest BCUT2D eigenvalue weighted by Gasteiger charge is 2.25. The van der Waals surface area contributed by atoms with E-state index in [1.807, 2.05) is 20.8 Å². The Balaban J connectivity index is 2.47. The van der Waals surface area contributed by atoms with Crippen molar-refractivity contribution in [2.75, 3.05) is 6.54 Å². The first-order valence-corrected chi connectivity index (χ1v) is 7.44. The van der Waals surface area contributed by atoms with E-state index < -0.39 is 0 Å². The molecule has 1 aliphatic carbocycles. The molecule has 1 atom stereocenters. The molecule has 1 rings (SSSR count). The van der Waals surface area contributed by atoms with Crippen molar-refractivity contribution in [1.82, 2.24) is 5.32 Å². The van der Waals surface area contributed by atoms with Crippen molar-refractivity contribution in [3.8, 4) is 0 Å². The number of nitrogens with one attached hydrogen (secondary N) is 1. The summed E-state index contributed by atoms with van der Waals surface area (Å²) >= 11 is 0. The summed E-state index contributed by atoms with van der Waals surface area (Å²) in [6, 6.07) is 0. The Bertz CT molecular complexity index is 250. The van der Waals surface area contributed by atoms with E-state index in [4.69, 9.17) is 5.73 Å². The molecular weight excluding hydrogens is 224 g/mol. The lowest BCUT2D eigenvalue weighted by Crippen LogP contribution is -2.46. The third-order valence-electron chi connectivity index (χ3n) is 3.75. The van der Waals surface area contributed by atoms with Gasteiger partial charge in [0, 0.05) is 12.1 Å². The summed E-state index contributed by atoms with van der Waals surface area (Å²) in [5.74, 6) is 0.827. The molecule has 1 fully saturated rings. The molecule has 1 amide bonds. The van der Waals surface area contributed by atoms with E-state index in [9.17, 15) is 4.79 Å². The van der Waals surface area contributed by atoms with E-state index in [0.29, 0.717) is 12.5 Å². The quantitative estimate of drug-likeness (QED) is 0.758. The van der Waals surface area contributed by atoms with E-state index >= 15 is 0 Å². The van der Waals surface area contributed by atoms with Crippen LogP contribution in [0, 0.1) is 11.8 Å². The Morgan fingerprint density at radius 2 is 1.78 bits per heavy atom. The molecule has 0 aromatic heterocycles. The SMILES string of the molecule is CC(C)(C)NC(=O)C(CN)CC1CCCCCC1. The Morgan fingerprint density at radius 1 is 1.22 bits per heavy atom. The number of carbonyl (C=O) groups excluding carboxylic acids is 1.